The zero-order valence-corrected chi connectivity index (χ0v) is 19.6. The lowest BCUT2D eigenvalue weighted by molar-refractivity contribution is 0.223. The van der Waals surface area contributed by atoms with Gasteiger partial charge in [-0.15, -0.1) is 0 Å². The summed E-state index contributed by atoms with van der Waals surface area (Å²) in [6.45, 7) is 11.3. The van der Waals surface area contributed by atoms with E-state index in [1.807, 2.05) is 24.4 Å². The van der Waals surface area contributed by atoms with Crippen molar-refractivity contribution in [2.24, 2.45) is 0 Å². The number of pyridine rings is 1. The van der Waals surface area contributed by atoms with Crippen molar-refractivity contribution in [2.75, 3.05) is 13.2 Å². The van der Waals surface area contributed by atoms with Gasteiger partial charge in [0.2, 0.25) is 0 Å². The molecule has 0 amide bonds. The van der Waals surface area contributed by atoms with E-state index in [-0.39, 0.29) is 18.7 Å². The molecular formula is C25H30N4OS. The van der Waals surface area contributed by atoms with Gasteiger partial charge in [-0.3, -0.25) is 4.98 Å². The van der Waals surface area contributed by atoms with Gasteiger partial charge in [0.05, 0.1) is 30.1 Å². The Kier molecular flexibility index (Phi) is 5.86. The molecule has 162 valence electrons. The molecule has 2 N–H and O–H groups in total. The van der Waals surface area contributed by atoms with Crippen LogP contribution in [-0.2, 0) is 0 Å². The molecule has 0 bridgehead atoms. The highest BCUT2D eigenvalue weighted by Gasteiger charge is 2.41. The first kappa shape index (κ1) is 21.5. The van der Waals surface area contributed by atoms with E-state index < -0.39 is 0 Å². The van der Waals surface area contributed by atoms with Crippen LogP contribution < -0.4 is 5.32 Å². The highest BCUT2D eigenvalue weighted by Crippen LogP contribution is 2.41. The van der Waals surface area contributed by atoms with E-state index in [0.717, 1.165) is 5.69 Å². The third kappa shape index (κ3) is 3.75. The third-order valence-corrected chi connectivity index (χ3v) is 6.54. The Hall–Kier alpha value is -2.70. The quantitative estimate of drug-likeness (QED) is 0.584. The van der Waals surface area contributed by atoms with Crippen molar-refractivity contribution in [1.29, 1.82) is 0 Å². The number of rotatable bonds is 5. The number of β-amino-alcohol motifs (C(OH)–C–C–N with tert-alkyl or cyclic N) is 1. The lowest BCUT2D eigenvalue weighted by Gasteiger charge is -2.27. The molecule has 4 rings (SSSR count). The van der Waals surface area contributed by atoms with E-state index in [2.05, 4.69) is 72.6 Å². The van der Waals surface area contributed by atoms with Crippen LogP contribution in [0.15, 0.2) is 42.6 Å². The predicted octanol–water partition coefficient (Wildman–Crippen LogP) is 4.38. The van der Waals surface area contributed by atoms with Crippen molar-refractivity contribution in [1.82, 2.24) is 19.8 Å². The first-order chi connectivity index (χ1) is 14.8. The summed E-state index contributed by atoms with van der Waals surface area (Å²) >= 11 is 5.66. The second-order valence-electron chi connectivity index (χ2n) is 8.45. The molecule has 1 aromatic carbocycles. The molecule has 2 atom stereocenters. The molecule has 0 unspecified atom stereocenters. The van der Waals surface area contributed by atoms with Gasteiger partial charge in [0.1, 0.15) is 0 Å². The molecule has 0 radical (unpaired) electrons. The van der Waals surface area contributed by atoms with Crippen molar-refractivity contribution < 1.29 is 5.11 Å². The number of aryl methyl sites for hydroxylation is 4. The van der Waals surface area contributed by atoms with Crippen molar-refractivity contribution in [3.8, 4) is 5.69 Å². The fraction of sp³-hybridized carbons (Fsp3) is 0.360. The summed E-state index contributed by atoms with van der Waals surface area (Å²) in [4.78, 5) is 6.70. The minimum Gasteiger partial charge on any atom is -0.395 e. The van der Waals surface area contributed by atoms with Gasteiger partial charge in [-0.05, 0) is 81.7 Å². The minimum absolute atomic E-state index is 0.0411. The number of benzene rings is 1. The maximum atomic E-state index is 9.72. The number of nitrogens with zero attached hydrogens (tertiary/aromatic N) is 3. The molecule has 31 heavy (non-hydrogen) atoms. The maximum absolute atomic E-state index is 9.72. The Morgan fingerprint density at radius 3 is 2.39 bits per heavy atom. The molecule has 2 aromatic heterocycles. The predicted molar refractivity (Wildman–Crippen MR) is 129 cm³/mol. The number of aromatic nitrogens is 2. The number of aliphatic hydroxyl groups excluding tert-OH is 1. The number of hydrogen-bond donors (Lipinski definition) is 2. The number of thiocarbonyl (C=S) groups is 1. The standard InChI is InChI=1S/C25H30N4OS/c1-15-12-16(2)23(17(3)13-15)29-18(4)14-20(19(29)5)24-22(21-8-6-7-9-26-21)27-25(31)28(24)10-11-30/h6-9,12-14,22,24,30H,10-11H2,1-5H3,(H,27,31)/t22-,24+/m0/s1. The Morgan fingerprint density at radius 1 is 1.06 bits per heavy atom. The Bertz CT molecular complexity index is 1100. The van der Waals surface area contributed by atoms with E-state index >= 15 is 0 Å². The fourth-order valence-electron chi connectivity index (χ4n) is 5.05. The van der Waals surface area contributed by atoms with Crippen LogP contribution in [0.3, 0.4) is 0 Å². The van der Waals surface area contributed by atoms with Crippen LogP contribution in [0.25, 0.3) is 5.69 Å². The van der Waals surface area contributed by atoms with Gasteiger partial charge in [0, 0.05) is 24.1 Å². The summed E-state index contributed by atoms with van der Waals surface area (Å²) in [5, 5.41) is 13.8. The molecule has 1 aliphatic rings. The molecule has 5 nitrogen and oxygen atoms in total. The minimum atomic E-state index is -0.0746. The Morgan fingerprint density at radius 2 is 1.77 bits per heavy atom. The van der Waals surface area contributed by atoms with E-state index in [9.17, 15) is 5.11 Å². The van der Waals surface area contributed by atoms with Crippen molar-refractivity contribution in [2.45, 2.75) is 46.7 Å². The van der Waals surface area contributed by atoms with Crippen LogP contribution in [-0.4, -0.2) is 37.8 Å². The summed E-state index contributed by atoms with van der Waals surface area (Å²) in [7, 11) is 0. The summed E-state index contributed by atoms with van der Waals surface area (Å²) in [5.41, 5.74) is 9.56. The highest BCUT2D eigenvalue weighted by atomic mass is 32.1. The largest absolute Gasteiger partial charge is 0.395 e. The summed E-state index contributed by atoms with van der Waals surface area (Å²) in [6.07, 6.45) is 1.81. The van der Waals surface area contributed by atoms with Crippen LogP contribution in [0, 0.1) is 34.6 Å². The fourth-order valence-corrected chi connectivity index (χ4v) is 5.38. The van der Waals surface area contributed by atoms with Crippen LogP contribution in [0.5, 0.6) is 0 Å². The van der Waals surface area contributed by atoms with E-state index in [1.54, 1.807) is 0 Å². The molecule has 3 aromatic rings. The molecule has 6 heteroatoms. The monoisotopic (exact) mass is 434 g/mol. The van der Waals surface area contributed by atoms with Gasteiger partial charge in [0.25, 0.3) is 0 Å². The van der Waals surface area contributed by atoms with Gasteiger partial charge in [-0.2, -0.15) is 0 Å². The molecule has 1 aliphatic heterocycles. The molecule has 0 saturated carbocycles. The SMILES string of the molecule is Cc1cc(C)c(-n2c(C)cc([C@@H]3[C@H](c4ccccn4)NC(=S)N3CCO)c2C)c(C)c1. The Labute approximate surface area is 189 Å². The van der Waals surface area contributed by atoms with E-state index in [1.165, 1.54) is 39.3 Å². The highest BCUT2D eigenvalue weighted by molar-refractivity contribution is 7.80. The summed E-state index contributed by atoms with van der Waals surface area (Å²) in [5.74, 6) is 0. The second kappa shape index (κ2) is 8.44. The zero-order valence-electron chi connectivity index (χ0n) is 18.8. The molecule has 1 fully saturated rings. The third-order valence-electron chi connectivity index (χ3n) is 6.19. The van der Waals surface area contributed by atoms with Gasteiger partial charge < -0.3 is 19.9 Å². The first-order valence-corrected chi connectivity index (χ1v) is 11.1. The van der Waals surface area contributed by atoms with Crippen LogP contribution >= 0.6 is 12.2 Å². The lowest BCUT2D eigenvalue weighted by Crippen LogP contribution is -2.32. The molecule has 1 saturated heterocycles. The van der Waals surface area contributed by atoms with Gasteiger partial charge in [-0.25, -0.2) is 0 Å². The topological polar surface area (TPSA) is 53.3 Å². The number of hydrogen-bond acceptors (Lipinski definition) is 3. The smallest absolute Gasteiger partial charge is 0.170 e. The molecule has 0 aliphatic carbocycles. The first-order valence-electron chi connectivity index (χ1n) is 10.7. The summed E-state index contributed by atoms with van der Waals surface area (Å²) < 4.78 is 2.35. The molecule has 3 heterocycles. The number of aliphatic hydroxyl groups is 1. The van der Waals surface area contributed by atoms with Gasteiger partial charge in [-0.1, -0.05) is 23.8 Å². The normalized spacial score (nSPS) is 18.5. The van der Waals surface area contributed by atoms with Crippen LogP contribution in [0.1, 0.15) is 51.4 Å². The van der Waals surface area contributed by atoms with Crippen LogP contribution in [0.4, 0.5) is 0 Å². The lowest BCUT2D eigenvalue weighted by atomic mass is 9.96. The van der Waals surface area contributed by atoms with Crippen LogP contribution in [0.2, 0.25) is 0 Å². The van der Waals surface area contributed by atoms with Crippen molar-refractivity contribution in [3.63, 3.8) is 0 Å². The average molecular weight is 435 g/mol. The zero-order chi connectivity index (χ0) is 22.3. The maximum Gasteiger partial charge on any atom is 0.170 e. The van der Waals surface area contributed by atoms with Crippen molar-refractivity contribution >= 4 is 17.3 Å². The van der Waals surface area contributed by atoms with E-state index in [0.29, 0.717) is 11.7 Å². The number of nitrogens with one attached hydrogen (secondary N) is 1. The van der Waals surface area contributed by atoms with E-state index in [4.69, 9.17) is 12.2 Å². The second-order valence-corrected chi connectivity index (χ2v) is 8.84. The Balaban J connectivity index is 1.88. The molecule has 0 spiro atoms. The van der Waals surface area contributed by atoms with Crippen molar-refractivity contribution in [3.05, 3.63) is 81.9 Å². The van der Waals surface area contributed by atoms with Gasteiger partial charge in [0.15, 0.2) is 5.11 Å². The summed E-state index contributed by atoms with van der Waals surface area (Å²) in [6, 6.07) is 12.6. The van der Waals surface area contributed by atoms with Gasteiger partial charge >= 0.3 is 0 Å². The average Bonchev–Trinajstić information content (AvgIpc) is 3.19. The molecular weight excluding hydrogens is 404 g/mol.